The maximum atomic E-state index is 11.0. The summed E-state index contributed by atoms with van der Waals surface area (Å²) < 4.78 is 0. The monoisotopic (exact) mass is 295 g/mol. The molecule has 0 spiro atoms. The van der Waals surface area contributed by atoms with E-state index in [-0.39, 0.29) is 23.5 Å². The summed E-state index contributed by atoms with van der Waals surface area (Å²) >= 11 is 1.47. The van der Waals surface area contributed by atoms with Gasteiger partial charge in [-0.25, -0.2) is 15.8 Å². The fourth-order valence-corrected chi connectivity index (χ4v) is 2.33. The molecule has 2 heterocycles. The molecule has 2 rings (SSSR count). The van der Waals surface area contributed by atoms with Crippen molar-refractivity contribution in [1.82, 2.24) is 15.0 Å². The first-order chi connectivity index (χ1) is 9.51. The Morgan fingerprint density at radius 2 is 2.25 bits per heavy atom. The predicted molar refractivity (Wildman–Crippen MR) is 75.4 cm³/mol. The maximum absolute atomic E-state index is 11.0. The van der Waals surface area contributed by atoms with Crippen LogP contribution in [0, 0.1) is 17.0 Å². The van der Waals surface area contributed by atoms with Gasteiger partial charge in [0.25, 0.3) is 0 Å². The highest BCUT2D eigenvalue weighted by Gasteiger charge is 2.20. The smallest absolute Gasteiger partial charge is 0.329 e. The van der Waals surface area contributed by atoms with Crippen LogP contribution in [-0.2, 0) is 0 Å². The number of nitrogens with one attached hydrogen (secondary N) is 2. The van der Waals surface area contributed by atoms with Crippen molar-refractivity contribution in [3.05, 3.63) is 32.4 Å². The minimum absolute atomic E-state index is 0.0957. The Morgan fingerprint density at radius 3 is 2.80 bits per heavy atom. The molecule has 106 valence electrons. The Bertz CT molecular complexity index is 630. The molecule has 1 unspecified atom stereocenters. The predicted octanol–water partition coefficient (Wildman–Crippen LogP) is 1.61. The van der Waals surface area contributed by atoms with Crippen molar-refractivity contribution in [2.45, 2.75) is 19.9 Å². The average molecular weight is 295 g/mol. The third-order valence-corrected chi connectivity index (χ3v) is 3.60. The Labute approximate surface area is 118 Å². The molecule has 0 fully saturated rings. The first-order valence-electron chi connectivity index (χ1n) is 5.68. The standard InChI is InChI=1S/C10H13N7O2S/c1-5-4-20-9(13-5)6(2)14-8-7(17(18)19)3-12-10(15-8)16-11/h3-4,6H,11H2,1-2H3,(H2,12,14,15,16). The number of anilines is 2. The number of hydrogen-bond donors (Lipinski definition) is 3. The first kappa shape index (κ1) is 14.1. The molecule has 4 N–H and O–H groups in total. The number of aromatic nitrogens is 3. The second-order valence-corrected chi connectivity index (χ2v) is 4.91. The van der Waals surface area contributed by atoms with Crippen molar-refractivity contribution in [3.8, 4) is 0 Å². The second-order valence-electron chi connectivity index (χ2n) is 4.02. The summed E-state index contributed by atoms with van der Waals surface area (Å²) in [6, 6.07) is -0.215. The quantitative estimate of drug-likeness (QED) is 0.430. The number of nitrogen functional groups attached to an aromatic ring is 1. The average Bonchev–Trinajstić information content (AvgIpc) is 2.85. The lowest BCUT2D eigenvalue weighted by Crippen LogP contribution is -2.14. The molecule has 0 aliphatic rings. The Hall–Kier alpha value is -2.33. The number of aryl methyl sites for hydroxylation is 1. The number of nitrogens with zero attached hydrogens (tertiary/aromatic N) is 4. The van der Waals surface area contributed by atoms with Gasteiger partial charge in [0.15, 0.2) is 0 Å². The van der Waals surface area contributed by atoms with Gasteiger partial charge in [0.1, 0.15) is 11.2 Å². The highest BCUT2D eigenvalue weighted by Crippen LogP contribution is 2.27. The van der Waals surface area contributed by atoms with Crippen LogP contribution in [0.15, 0.2) is 11.6 Å². The molecule has 0 bridgehead atoms. The molecule has 0 aromatic carbocycles. The van der Waals surface area contributed by atoms with Gasteiger partial charge in [-0.15, -0.1) is 11.3 Å². The Morgan fingerprint density at radius 1 is 1.50 bits per heavy atom. The van der Waals surface area contributed by atoms with E-state index in [4.69, 9.17) is 5.84 Å². The zero-order valence-electron chi connectivity index (χ0n) is 10.8. The van der Waals surface area contributed by atoms with Crippen LogP contribution in [0.4, 0.5) is 17.5 Å². The third-order valence-electron chi connectivity index (χ3n) is 2.46. The van der Waals surface area contributed by atoms with Crippen LogP contribution < -0.4 is 16.6 Å². The summed E-state index contributed by atoms with van der Waals surface area (Å²) in [7, 11) is 0. The second kappa shape index (κ2) is 5.75. The number of nitro groups is 1. The summed E-state index contributed by atoms with van der Waals surface area (Å²) in [5.74, 6) is 5.40. The molecule has 2 aromatic rings. The van der Waals surface area contributed by atoms with E-state index in [0.717, 1.165) is 16.9 Å². The summed E-state index contributed by atoms with van der Waals surface area (Å²) in [6.07, 6.45) is 1.10. The summed E-state index contributed by atoms with van der Waals surface area (Å²) in [4.78, 5) is 22.4. The van der Waals surface area contributed by atoms with E-state index in [1.54, 1.807) is 0 Å². The van der Waals surface area contributed by atoms with Gasteiger partial charge >= 0.3 is 5.69 Å². The molecule has 9 nitrogen and oxygen atoms in total. The number of hydrazine groups is 1. The number of nitrogens with two attached hydrogens (primary N) is 1. The van der Waals surface area contributed by atoms with E-state index in [1.165, 1.54) is 11.3 Å². The summed E-state index contributed by atoms with van der Waals surface area (Å²) in [6.45, 7) is 3.73. The van der Waals surface area contributed by atoms with Crippen molar-refractivity contribution >= 4 is 28.8 Å². The van der Waals surface area contributed by atoms with E-state index in [9.17, 15) is 10.1 Å². The lowest BCUT2D eigenvalue weighted by molar-refractivity contribution is -0.384. The molecule has 0 saturated heterocycles. The Kier molecular flexibility index (Phi) is 4.05. The molecule has 0 radical (unpaired) electrons. The highest BCUT2D eigenvalue weighted by molar-refractivity contribution is 7.09. The van der Waals surface area contributed by atoms with Gasteiger partial charge in [-0.1, -0.05) is 0 Å². The lowest BCUT2D eigenvalue weighted by atomic mass is 10.3. The van der Waals surface area contributed by atoms with E-state index in [0.29, 0.717) is 0 Å². The van der Waals surface area contributed by atoms with Gasteiger partial charge in [0, 0.05) is 11.1 Å². The molecule has 0 aliphatic heterocycles. The van der Waals surface area contributed by atoms with Crippen LogP contribution in [-0.4, -0.2) is 19.9 Å². The maximum Gasteiger partial charge on any atom is 0.329 e. The third kappa shape index (κ3) is 2.97. The normalized spacial score (nSPS) is 11.9. The van der Waals surface area contributed by atoms with Gasteiger partial charge in [0.05, 0.1) is 11.0 Å². The van der Waals surface area contributed by atoms with Crippen molar-refractivity contribution in [2.75, 3.05) is 10.7 Å². The molecule has 0 aliphatic carbocycles. The van der Waals surface area contributed by atoms with Crippen LogP contribution in [0.25, 0.3) is 0 Å². The molecule has 20 heavy (non-hydrogen) atoms. The van der Waals surface area contributed by atoms with Gasteiger partial charge < -0.3 is 5.32 Å². The van der Waals surface area contributed by atoms with Gasteiger partial charge in [-0.05, 0) is 13.8 Å². The topological polar surface area (TPSA) is 132 Å². The first-order valence-corrected chi connectivity index (χ1v) is 6.56. The minimum atomic E-state index is -0.553. The van der Waals surface area contributed by atoms with Crippen LogP contribution in [0.1, 0.15) is 23.7 Å². The van der Waals surface area contributed by atoms with Crippen LogP contribution in [0.3, 0.4) is 0 Å². The summed E-state index contributed by atoms with van der Waals surface area (Å²) in [5, 5.41) is 16.6. The van der Waals surface area contributed by atoms with Crippen molar-refractivity contribution < 1.29 is 4.92 Å². The van der Waals surface area contributed by atoms with Crippen molar-refractivity contribution in [2.24, 2.45) is 5.84 Å². The summed E-state index contributed by atoms with van der Waals surface area (Å²) in [5.41, 5.74) is 2.94. The molecule has 10 heteroatoms. The van der Waals surface area contributed by atoms with E-state index >= 15 is 0 Å². The molecule has 0 saturated carbocycles. The zero-order chi connectivity index (χ0) is 14.7. The van der Waals surface area contributed by atoms with Crippen molar-refractivity contribution in [3.63, 3.8) is 0 Å². The fourth-order valence-electron chi connectivity index (χ4n) is 1.52. The van der Waals surface area contributed by atoms with Gasteiger partial charge in [-0.3, -0.25) is 15.5 Å². The van der Waals surface area contributed by atoms with E-state index < -0.39 is 4.92 Å². The number of rotatable bonds is 5. The van der Waals surface area contributed by atoms with E-state index in [1.807, 2.05) is 19.2 Å². The van der Waals surface area contributed by atoms with E-state index in [2.05, 4.69) is 25.7 Å². The van der Waals surface area contributed by atoms with Gasteiger partial charge in [-0.2, -0.15) is 4.98 Å². The number of thiazole rings is 1. The largest absolute Gasteiger partial charge is 0.355 e. The van der Waals surface area contributed by atoms with Crippen LogP contribution in [0.5, 0.6) is 0 Å². The highest BCUT2D eigenvalue weighted by atomic mass is 32.1. The zero-order valence-corrected chi connectivity index (χ0v) is 11.6. The molecular formula is C10H13N7O2S. The molecule has 0 amide bonds. The van der Waals surface area contributed by atoms with Crippen molar-refractivity contribution in [1.29, 1.82) is 0 Å². The SMILES string of the molecule is Cc1csc(C(C)Nc2nc(NN)ncc2[N+](=O)[O-])n1. The Balaban J connectivity index is 2.29. The van der Waals surface area contributed by atoms with Gasteiger partial charge in [0.2, 0.25) is 11.8 Å². The molecular weight excluding hydrogens is 282 g/mol. The lowest BCUT2D eigenvalue weighted by Gasteiger charge is -2.12. The van der Waals surface area contributed by atoms with Crippen LogP contribution >= 0.6 is 11.3 Å². The number of hydrogen-bond acceptors (Lipinski definition) is 9. The fraction of sp³-hybridized carbons (Fsp3) is 0.300. The van der Waals surface area contributed by atoms with Crippen LogP contribution in [0.2, 0.25) is 0 Å². The molecule has 2 aromatic heterocycles. The molecule has 1 atom stereocenters. The minimum Gasteiger partial charge on any atom is -0.355 e.